The Labute approximate surface area is 164 Å². The van der Waals surface area contributed by atoms with Crippen molar-refractivity contribution < 1.29 is 22.7 Å². The van der Waals surface area contributed by atoms with E-state index in [9.17, 15) is 18.0 Å². The molecule has 0 spiro atoms. The SMILES string of the molecule is Cc1cc(N2CCOCC2)nc(CNS(=O)(=O)CCN2C(=O)CCCC2=O)n1. The van der Waals surface area contributed by atoms with Gasteiger partial charge < -0.3 is 9.64 Å². The second-order valence-corrected chi connectivity index (χ2v) is 8.74. The van der Waals surface area contributed by atoms with Crippen LogP contribution in [0.2, 0.25) is 0 Å². The van der Waals surface area contributed by atoms with Gasteiger partial charge in [-0.3, -0.25) is 14.5 Å². The fourth-order valence-corrected chi connectivity index (χ4v) is 4.07. The molecule has 1 N–H and O–H groups in total. The molecule has 1 aromatic heterocycles. The molecule has 2 fully saturated rings. The second kappa shape index (κ2) is 8.93. The number of carbonyl (C=O) groups is 2. The van der Waals surface area contributed by atoms with Gasteiger partial charge in [0.1, 0.15) is 11.6 Å². The summed E-state index contributed by atoms with van der Waals surface area (Å²) in [5, 5.41) is 0. The van der Waals surface area contributed by atoms with Crippen molar-refractivity contribution in [2.45, 2.75) is 32.7 Å². The van der Waals surface area contributed by atoms with Crippen molar-refractivity contribution in [1.82, 2.24) is 19.6 Å². The van der Waals surface area contributed by atoms with E-state index >= 15 is 0 Å². The molecule has 11 heteroatoms. The van der Waals surface area contributed by atoms with Crippen LogP contribution in [0, 0.1) is 6.92 Å². The highest BCUT2D eigenvalue weighted by Gasteiger charge is 2.27. The molecule has 0 bridgehead atoms. The Morgan fingerprint density at radius 2 is 1.82 bits per heavy atom. The number of piperidine rings is 1. The number of anilines is 1. The molecule has 2 saturated heterocycles. The zero-order chi connectivity index (χ0) is 20.1. The highest BCUT2D eigenvalue weighted by Crippen LogP contribution is 2.15. The van der Waals surface area contributed by atoms with Gasteiger partial charge in [0.2, 0.25) is 21.8 Å². The van der Waals surface area contributed by atoms with E-state index in [1.165, 1.54) is 0 Å². The van der Waals surface area contributed by atoms with Gasteiger partial charge in [-0.15, -0.1) is 0 Å². The first-order chi connectivity index (χ1) is 13.3. The van der Waals surface area contributed by atoms with Gasteiger partial charge in [-0.2, -0.15) is 0 Å². The molecule has 3 rings (SSSR count). The number of nitrogens with zero attached hydrogens (tertiary/aromatic N) is 4. The van der Waals surface area contributed by atoms with Gasteiger partial charge in [-0.25, -0.2) is 23.1 Å². The molecule has 28 heavy (non-hydrogen) atoms. The van der Waals surface area contributed by atoms with Gasteiger partial charge in [0.05, 0.1) is 25.5 Å². The number of rotatable bonds is 7. The number of morpholine rings is 1. The Morgan fingerprint density at radius 1 is 1.14 bits per heavy atom. The standard InChI is InChI=1S/C17H25N5O5S/c1-13-11-15(21-5-8-27-9-6-21)20-14(19-13)12-18-28(25,26)10-7-22-16(23)3-2-4-17(22)24/h11,18H,2-10,12H2,1H3. The van der Waals surface area contributed by atoms with Crippen LogP contribution in [-0.2, 0) is 30.9 Å². The zero-order valence-corrected chi connectivity index (χ0v) is 16.7. The van der Waals surface area contributed by atoms with Crippen molar-refractivity contribution >= 4 is 27.7 Å². The van der Waals surface area contributed by atoms with E-state index in [1.54, 1.807) is 0 Å². The van der Waals surface area contributed by atoms with E-state index in [4.69, 9.17) is 4.74 Å². The Hall–Kier alpha value is -2.11. The van der Waals surface area contributed by atoms with Crippen molar-refractivity contribution in [3.8, 4) is 0 Å². The minimum Gasteiger partial charge on any atom is -0.378 e. The quantitative estimate of drug-likeness (QED) is 0.601. The van der Waals surface area contributed by atoms with Crippen molar-refractivity contribution in [3.05, 3.63) is 17.6 Å². The van der Waals surface area contributed by atoms with E-state index in [0.717, 1.165) is 29.5 Å². The molecule has 2 aliphatic heterocycles. The smallest absolute Gasteiger partial charge is 0.229 e. The van der Waals surface area contributed by atoms with E-state index < -0.39 is 10.0 Å². The van der Waals surface area contributed by atoms with E-state index in [1.807, 2.05) is 13.0 Å². The summed E-state index contributed by atoms with van der Waals surface area (Å²) in [4.78, 5) is 35.4. The van der Waals surface area contributed by atoms with Crippen LogP contribution in [-0.4, -0.2) is 73.7 Å². The predicted molar refractivity (Wildman–Crippen MR) is 101 cm³/mol. The number of imide groups is 1. The minimum atomic E-state index is -3.69. The van der Waals surface area contributed by atoms with Gasteiger partial charge in [0.25, 0.3) is 0 Å². The predicted octanol–water partition coefficient (Wildman–Crippen LogP) is -0.420. The van der Waals surface area contributed by atoms with Crippen molar-refractivity contribution in [3.63, 3.8) is 0 Å². The Morgan fingerprint density at radius 3 is 2.50 bits per heavy atom. The van der Waals surface area contributed by atoms with Crippen LogP contribution in [0.5, 0.6) is 0 Å². The molecule has 0 atom stereocenters. The molecule has 3 heterocycles. The third-order valence-electron chi connectivity index (χ3n) is 4.64. The van der Waals surface area contributed by atoms with Gasteiger partial charge in [0, 0.05) is 44.2 Å². The van der Waals surface area contributed by atoms with Crippen LogP contribution >= 0.6 is 0 Å². The van der Waals surface area contributed by atoms with E-state index in [2.05, 4.69) is 19.6 Å². The summed E-state index contributed by atoms with van der Waals surface area (Å²) in [5.41, 5.74) is 0.746. The molecular formula is C17H25N5O5S. The van der Waals surface area contributed by atoms with E-state index in [0.29, 0.717) is 25.5 Å². The number of hydrogen-bond donors (Lipinski definition) is 1. The number of likely N-dealkylation sites (tertiary alicyclic amines) is 1. The Balaban J connectivity index is 1.58. The van der Waals surface area contributed by atoms with Crippen molar-refractivity contribution in [1.29, 1.82) is 0 Å². The van der Waals surface area contributed by atoms with Gasteiger partial charge in [-0.1, -0.05) is 0 Å². The molecule has 2 aliphatic rings. The number of aryl methyl sites for hydroxylation is 1. The van der Waals surface area contributed by atoms with Gasteiger partial charge >= 0.3 is 0 Å². The first-order valence-electron chi connectivity index (χ1n) is 9.32. The summed E-state index contributed by atoms with van der Waals surface area (Å²) in [7, 11) is -3.69. The maximum Gasteiger partial charge on any atom is 0.229 e. The average Bonchev–Trinajstić information content (AvgIpc) is 2.66. The van der Waals surface area contributed by atoms with Crippen molar-refractivity contribution in [2.24, 2.45) is 0 Å². The number of nitrogens with one attached hydrogen (secondary N) is 1. The maximum atomic E-state index is 12.3. The monoisotopic (exact) mass is 411 g/mol. The molecule has 0 saturated carbocycles. The van der Waals surface area contributed by atoms with Crippen LogP contribution in [0.4, 0.5) is 5.82 Å². The lowest BCUT2D eigenvalue weighted by atomic mass is 10.1. The topological polar surface area (TPSA) is 122 Å². The molecule has 0 radical (unpaired) electrons. The second-order valence-electron chi connectivity index (χ2n) is 6.82. The zero-order valence-electron chi connectivity index (χ0n) is 15.9. The molecular weight excluding hydrogens is 386 g/mol. The molecule has 1 aromatic rings. The van der Waals surface area contributed by atoms with Crippen LogP contribution < -0.4 is 9.62 Å². The van der Waals surface area contributed by atoms with E-state index in [-0.39, 0.29) is 43.5 Å². The number of hydrogen-bond acceptors (Lipinski definition) is 8. The molecule has 0 unspecified atom stereocenters. The highest BCUT2D eigenvalue weighted by atomic mass is 32.2. The number of sulfonamides is 1. The summed E-state index contributed by atoms with van der Waals surface area (Å²) >= 11 is 0. The minimum absolute atomic E-state index is 0.0523. The fraction of sp³-hybridized carbons (Fsp3) is 0.647. The number of carbonyl (C=O) groups excluding carboxylic acids is 2. The Bertz CT molecular complexity index is 822. The van der Waals surface area contributed by atoms with Crippen LogP contribution in [0.15, 0.2) is 6.07 Å². The highest BCUT2D eigenvalue weighted by molar-refractivity contribution is 7.89. The summed E-state index contributed by atoms with van der Waals surface area (Å²) < 4.78 is 32.4. The van der Waals surface area contributed by atoms with Crippen LogP contribution in [0.25, 0.3) is 0 Å². The van der Waals surface area contributed by atoms with Gasteiger partial charge in [-0.05, 0) is 13.3 Å². The third kappa shape index (κ3) is 5.46. The summed E-state index contributed by atoms with van der Waals surface area (Å²) in [5.74, 6) is 0.143. The third-order valence-corrected chi connectivity index (χ3v) is 5.94. The van der Waals surface area contributed by atoms with Crippen LogP contribution in [0.1, 0.15) is 30.8 Å². The largest absolute Gasteiger partial charge is 0.378 e. The lowest BCUT2D eigenvalue weighted by Crippen LogP contribution is -2.44. The maximum absolute atomic E-state index is 12.3. The first kappa shape index (κ1) is 20.6. The van der Waals surface area contributed by atoms with Crippen LogP contribution in [0.3, 0.4) is 0 Å². The fourth-order valence-electron chi connectivity index (χ4n) is 3.15. The average molecular weight is 411 g/mol. The lowest BCUT2D eigenvalue weighted by molar-refractivity contribution is -0.147. The molecule has 2 amide bonds. The number of ether oxygens (including phenoxy) is 1. The number of aromatic nitrogens is 2. The molecule has 154 valence electrons. The van der Waals surface area contributed by atoms with Crippen molar-refractivity contribution in [2.75, 3.05) is 43.5 Å². The first-order valence-corrected chi connectivity index (χ1v) is 11.0. The Kier molecular flexibility index (Phi) is 6.57. The lowest BCUT2D eigenvalue weighted by Gasteiger charge is -2.28. The van der Waals surface area contributed by atoms with Gasteiger partial charge in [0.15, 0.2) is 0 Å². The summed E-state index contributed by atoms with van der Waals surface area (Å²) in [6.45, 7) is 4.33. The molecule has 10 nitrogen and oxygen atoms in total. The normalized spacial score (nSPS) is 18.6. The molecule has 0 aromatic carbocycles. The summed E-state index contributed by atoms with van der Waals surface area (Å²) in [6.07, 6.45) is 1.08. The number of amides is 2. The molecule has 0 aliphatic carbocycles. The summed E-state index contributed by atoms with van der Waals surface area (Å²) in [6, 6.07) is 1.86.